The van der Waals surface area contributed by atoms with Gasteiger partial charge in [0.05, 0.1) is 6.54 Å². The van der Waals surface area contributed by atoms with E-state index < -0.39 is 0 Å². The topological polar surface area (TPSA) is 24.7 Å². The van der Waals surface area contributed by atoms with E-state index in [1.54, 1.807) is 12.4 Å². The zero-order valence-corrected chi connectivity index (χ0v) is 11.2. The monoisotopic (exact) mass is 242 g/mol. The van der Waals surface area contributed by atoms with Crippen molar-refractivity contribution in [1.82, 2.24) is 0 Å². The third-order valence-corrected chi connectivity index (χ3v) is 2.33. The lowest BCUT2D eigenvalue weighted by Crippen LogP contribution is -1.89. The highest BCUT2D eigenvalue weighted by Crippen LogP contribution is 2.13. The van der Waals surface area contributed by atoms with Crippen LogP contribution in [0.2, 0.25) is 0 Å². The summed E-state index contributed by atoms with van der Waals surface area (Å²) in [5.74, 6) is 0. The fourth-order valence-electron chi connectivity index (χ4n) is 1.29. The van der Waals surface area contributed by atoms with Crippen molar-refractivity contribution in [1.29, 1.82) is 0 Å². The second-order valence-electron chi connectivity index (χ2n) is 3.79. The second-order valence-corrected chi connectivity index (χ2v) is 3.79. The Kier molecular flexibility index (Phi) is 10.3. The third kappa shape index (κ3) is 9.32. The molecule has 2 heteroatoms. The molecule has 0 radical (unpaired) electrons. The molecule has 0 aliphatic carbocycles. The van der Waals surface area contributed by atoms with Crippen LogP contribution in [-0.2, 0) is 0 Å². The van der Waals surface area contributed by atoms with Crippen molar-refractivity contribution in [3.8, 4) is 0 Å². The first kappa shape index (κ1) is 16.1. The molecule has 0 heterocycles. The summed E-state index contributed by atoms with van der Waals surface area (Å²) in [5.41, 5.74) is 5.31. The molecule has 0 rings (SSSR count). The maximum atomic E-state index is 4.16. The van der Waals surface area contributed by atoms with E-state index in [1.165, 1.54) is 5.57 Å². The van der Waals surface area contributed by atoms with Crippen LogP contribution in [0, 0.1) is 0 Å². The van der Waals surface area contributed by atoms with E-state index in [0.717, 1.165) is 24.8 Å². The number of hydrogen-bond acceptors (Lipinski definition) is 2. The van der Waals surface area contributed by atoms with E-state index >= 15 is 0 Å². The first-order valence-corrected chi connectivity index (χ1v) is 6.01. The summed E-state index contributed by atoms with van der Waals surface area (Å²) in [7, 11) is 0. The van der Waals surface area contributed by atoms with E-state index in [1.807, 2.05) is 19.1 Å². The van der Waals surface area contributed by atoms with Crippen molar-refractivity contribution in [2.24, 2.45) is 9.98 Å². The Morgan fingerprint density at radius 3 is 2.67 bits per heavy atom. The Morgan fingerprint density at radius 2 is 2.06 bits per heavy atom. The van der Waals surface area contributed by atoms with Crippen molar-refractivity contribution >= 4 is 12.9 Å². The van der Waals surface area contributed by atoms with Gasteiger partial charge in [0.1, 0.15) is 0 Å². The van der Waals surface area contributed by atoms with Crippen molar-refractivity contribution in [3.63, 3.8) is 0 Å². The maximum absolute atomic E-state index is 4.16. The first-order valence-electron chi connectivity index (χ1n) is 6.01. The van der Waals surface area contributed by atoms with Crippen LogP contribution in [0.5, 0.6) is 0 Å². The Hall–Kier alpha value is -1.92. The minimum Gasteiger partial charge on any atom is -0.293 e. The molecule has 18 heavy (non-hydrogen) atoms. The van der Waals surface area contributed by atoms with Crippen LogP contribution in [0.25, 0.3) is 0 Å². The van der Waals surface area contributed by atoms with Crippen molar-refractivity contribution in [2.75, 3.05) is 6.54 Å². The van der Waals surface area contributed by atoms with Crippen LogP contribution < -0.4 is 0 Å². The lowest BCUT2D eigenvalue weighted by molar-refractivity contribution is 0.878. The normalized spacial score (nSPS) is 11.2. The van der Waals surface area contributed by atoms with Gasteiger partial charge in [0, 0.05) is 6.20 Å². The van der Waals surface area contributed by atoms with Crippen LogP contribution in [0.4, 0.5) is 0 Å². The van der Waals surface area contributed by atoms with E-state index in [0.29, 0.717) is 6.54 Å². The van der Waals surface area contributed by atoms with E-state index in [2.05, 4.69) is 41.7 Å². The summed E-state index contributed by atoms with van der Waals surface area (Å²) in [6, 6.07) is 0. The SMILES string of the molecule is C=C=C(C/C=C\C=C/N=C)CCC(=C)CN=CC. The number of allylic oxidation sites excluding steroid dienone is 4. The summed E-state index contributed by atoms with van der Waals surface area (Å²) in [6.07, 6.45) is 12.0. The number of nitrogens with zero attached hydrogens (tertiary/aromatic N) is 2. The highest BCUT2D eigenvalue weighted by Gasteiger charge is 1.97. The molecule has 0 fully saturated rings. The summed E-state index contributed by atoms with van der Waals surface area (Å²) >= 11 is 0. The Bertz CT molecular complexity index is 391. The molecule has 0 aromatic heterocycles. The predicted octanol–water partition coefficient (Wildman–Crippen LogP) is 4.29. The summed E-state index contributed by atoms with van der Waals surface area (Å²) in [4.78, 5) is 7.78. The molecule has 0 bridgehead atoms. The molecule has 0 saturated carbocycles. The van der Waals surface area contributed by atoms with Gasteiger partial charge in [-0.1, -0.05) is 30.9 Å². The molecular formula is C16H22N2. The zero-order chi connectivity index (χ0) is 13.6. The molecule has 0 aromatic rings. The lowest BCUT2D eigenvalue weighted by Gasteiger charge is -2.03. The summed E-state index contributed by atoms with van der Waals surface area (Å²) in [6.45, 7) is 13.7. The molecule has 96 valence electrons. The van der Waals surface area contributed by atoms with E-state index in [9.17, 15) is 0 Å². The largest absolute Gasteiger partial charge is 0.293 e. The van der Waals surface area contributed by atoms with Gasteiger partial charge in [0.2, 0.25) is 0 Å². The van der Waals surface area contributed by atoms with E-state index in [4.69, 9.17) is 0 Å². The van der Waals surface area contributed by atoms with Crippen molar-refractivity contribution in [2.45, 2.75) is 26.2 Å². The summed E-state index contributed by atoms with van der Waals surface area (Å²) < 4.78 is 0. The van der Waals surface area contributed by atoms with Gasteiger partial charge in [-0.15, -0.1) is 5.73 Å². The van der Waals surface area contributed by atoms with Crippen molar-refractivity contribution < 1.29 is 0 Å². The molecule has 0 unspecified atom stereocenters. The highest BCUT2D eigenvalue weighted by molar-refractivity contribution is 5.53. The van der Waals surface area contributed by atoms with Crippen LogP contribution >= 0.6 is 0 Å². The molecule has 0 aliphatic rings. The fraction of sp³-hybridized carbons (Fsp3) is 0.312. The minimum atomic E-state index is 0.713. The number of rotatable bonds is 9. The smallest absolute Gasteiger partial charge is 0.0593 e. The Balaban J connectivity index is 4.02. The van der Waals surface area contributed by atoms with Crippen LogP contribution in [0.3, 0.4) is 0 Å². The molecule has 2 nitrogen and oxygen atoms in total. The van der Waals surface area contributed by atoms with Gasteiger partial charge in [-0.2, -0.15) is 0 Å². The minimum absolute atomic E-state index is 0.713. The average Bonchev–Trinajstić information content (AvgIpc) is 2.39. The predicted molar refractivity (Wildman–Crippen MR) is 82.5 cm³/mol. The zero-order valence-electron chi connectivity index (χ0n) is 11.2. The third-order valence-electron chi connectivity index (χ3n) is 2.33. The first-order chi connectivity index (χ1) is 8.74. The Morgan fingerprint density at radius 1 is 1.28 bits per heavy atom. The second kappa shape index (κ2) is 11.6. The lowest BCUT2D eigenvalue weighted by atomic mass is 10.0. The Labute approximate surface area is 111 Å². The summed E-state index contributed by atoms with van der Waals surface area (Å²) in [5, 5.41) is 0. The molecular weight excluding hydrogens is 220 g/mol. The highest BCUT2D eigenvalue weighted by atomic mass is 14.7. The van der Waals surface area contributed by atoms with Gasteiger partial charge < -0.3 is 0 Å². The molecule has 0 aromatic carbocycles. The average molecular weight is 242 g/mol. The maximum Gasteiger partial charge on any atom is 0.0593 e. The number of aliphatic imine (C=N–C) groups is 2. The van der Waals surface area contributed by atoms with Gasteiger partial charge in [0.25, 0.3) is 0 Å². The van der Waals surface area contributed by atoms with Gasteiger partial charge in [-0.3, -0.25) is 9.98 Å². The number of hydrogen-bond donors (Lipinski definition) is 0. The molecule has 0 saturated heterocycles. The van der Waals surface area contributed by atoms with Gasteiger partial charge >= 0.3 is 0 Å². The van der Waals surface area contributed by atoms with Crippen LogP contribution in [0.15, 0.2) is 64.4 Å². The van der Waals surface area contributed by atoms with Crippen molar-refractivity contribution in [3.05, 3.63) is 54.5 Å². The molecule has 0 spiro atoms. The molecule has 0 N–H and O–H groups in total. The van der Waals surface area contributed by atoms with Crippen LogP contribution in [-0.4, -0.2) is 19.5 Å². The molecule has 0 aliphatic heterocycles. The van der Waals surface area contributed by atoms with Gasteiger partial charge in [-0.25, -0.2) is 0 Å². The van der Waals surface area contributed by atoms with Crippen LogP contribution in [0.1, 0.15) is 26.2 Å². The molecule has 0 amide bonds. The molecule has 0 atom stereocenters. The quantitative estimate of drug-likeness (QED) is 0.249. The van der Waals surface area contributed by atoms with E-state index in [-0.39, 0.29) is 0 Å². The standard InChI is InChI=1S/C16H22N2/c1-5-16(10-8-7-9-13-17-4)12-11-15(3)14-18-6-2/h6-9,13H,1,3-4,10-12,14H2,2H3/b8-7-,13-9-,18-6?. The fourth-order valence-corrected chi connectivity index (χ4v) is 1.29. The van der Waals surface area contributed by atoms with Gasteiger partial charge in [-0.05, 0) is 50.8 Å². The van der Waals surface area contributed by atoms with Gasteiger partial charge in [0.15, 0.2) is 0 Å².